The fourth-order valence-corrected chi connectivity index (χ4v) is 2.94. The minimum atomic E-state index is -0.384. The first kappa shape index (κ1) is 18.0. The fraction of sp³-hybridized carbons (Fsp3) is 0.211. The number of hydrogen-bond acceptors (Lipinski definition) is 6. The number of thioether (sulfide) groups is 1. The maximum absolute atomic E-state index is 12.3. The van der Waals surface area contributed by atoms with Gasteiger partial charge in [-0.3, -0.25) is 4.79 Å². The van der Waals surface area contributed by atoms with E-state index in [0.717, 1.165) is 11.3 Å². The molecule has 2 aromatic carbocycles. The Morgan fingerprint density at radius 3 is 2.65 bits per heavy atom. The standard InChI is InChI=1S/C19H19N3O3S/c1-3-24-16-12-8-7-11-15(16)18-21-22-19(25-18)26-13(2)17(23)20-14-9-5-4-6-10-14/h4-13H,3H2,1-2H3,(H,20,23). The van der Waals surface area contributed by atoms with Gasteiger partial charge in [0.25, 0.3) is 11.1 Å². The maximum atomic E-state index is 12.3. The van der Waals surface area contributed by atoms with Crippen molar-refractivity contribution in [2.45, 2.75) is 24.3 Å². The number of nitrogens with zero attached hydrogens (tertiary/aromatic N) is 2. The molecule has 26 heavy (non-hydrogen) atoms. The monoisotopic (exact) mass is 369 g/mol. The molecule has 0 aliphatic heterocycles. The SMILES string of the molecule is CCOc1ccccc1-c1nnc(SC(C)C(=O)Nc2ccccc2)o1. The van der Waals surface area contributed by atoms with Crippen LogP contribution in [0.4, 0.5) is 5.69 Å². The Labute approximate surface area is 156 Å². The molecular weight excluding hydrogens is 350 g/mol. The van der Waals surface area contributed by atoms with Crippen molar-refractivity contribution in [1.29, 1.82) is 0 Å². The zero-order valence-corrected chi connectivity index (χ0v) is 15.3. The van der Waals surface area contributed by atoms with Crippen LogP contribution in [0.2, 0.25) is 0 Å². The highest BCUT2D eigenvalue weighted by atomic mass is 32.2. The Morgan fingerprint density at radius 1 is 1.15 bits per heavy atom. The average Bonchev–Trinajstić information content (AvgIpc) is 3.11. The lowest BCUT2D eigenvalue weighted by Crippen LogP contribution is -2.22. The number of ether oxygens (including phenoxy) is 1. The minimum absolute atomic E-state index is 0.129. The number of para-hydroxylation sites is 2. The molecule has 0 bridgehead atoms. The summed E-state index contributed by atoms with van der Waals surface area (Å²) >= 11 is 1.21. The van der Waals surface area contributed by atoms with Gasteiger partial charge in [0.2, 0.25) is 5.91 Å². The Balaban J connectivity index is 1.67. The molecule has 0 saturated carbocycles. The molecule has 0 aliphatic rings. The molecule has 0 spiro atoms. The van der Waals surface area contributed by atoms with Crippen LogP contribution in [0, 0.1) is 0 Å². The Kier molecular flexibility index (Phi) is 5.91. The summed E-state index contributed by atoms with van der Waals surface area (Å²) in [4.78, 5) is 12.3. The Hall–Kier alpha value is -2.80. The van der Waals surface area contributed by atoms with E-state index in [2.05, 4.69) is 15.5 Å². The molecule has 3 rings (SSSR count). The van der Waals surface area contributed by atoms with Gasteiger partial charge < -0.3 is 14.5 Å². The van der Waals surface area contributed by atoms with Gasteiger partial charge >= 0.3 is 0 Å². The van der Waals surface area contributed by atoms with Crippen LogP contribution in [0.5, 0.6) is 5.75 Å². The summed E-state index contributed by atoms with van der Waals surface area (Å²) in [6.45, 7) is 4.25. The lowest BCUT2D eigenvalue weighted by molar-refractivity contribution is -0.115. The number of benzene rings is 2. The third-order valence-corrected chi connectivity index (χ3v) is 4.45. The summed E-state index contributed by atoms with van der Waals surface area (Å²) in [5, 5.41) is 10.9. The molecule has 0 radical (unpaired) electrons. The molecule has 1 N–H and O–H groups in total. The van der Waals surface area contributed by atoms with Crippen LogP contribution >= 0.6 is 11.8 Å². The van der Waals surface area contributed by atoms with Crippen LogP contribution in [-0.2, 0) is 4.79 Å². The van der Waals surface area contributed by atoms with Gasteiger partial charge in [-0.2, -0.15) is 0 Å². The van der Waals surface area contributed by atoms with E-state index < -0.39 is 0 Å². The summed E-state index contributed by atoms with van der Waals surface area (Å²) < 4.78 is 11.3. The van der Waals surface area contributed by atoms with Gasteiger partial charge in [-0.15, -0.1) is 10.2 Å². The summed E-state index contributed by atoms with van der Waals surface area (Å²) in [6, 6.07) is 16.8. The predicted octanol–water partition coefficient (Wildman–Crippen LogP) is 4.25. The molecule has 6 nitrogen and oxygen atoms in total. The molecule has 1 amide bonds. The highest BCUT2D eigenvalue weighted by Gasteiger charge is 2.20. The van der Waals surface area contributed by atoms with Gasteiger partial charge in [-0.1, -0.05) is 42.1 Å². The molecule has 1 atom stereocenters. The first-order valence-electron chi connectivity index (χ1n) is 8.25. The van der Waals surface area contributed by atoms with Crippen molar-refractivity contribution in [2.75, 3.05) is 11.9 Å². The van der Waals surface area contributed by atoms with E-state index in [1.807, 2.05) is 61.5 Å². The normalized spacial score (nSPS) is 11.8. The largest absolute Gasteiger partial charge is 0.493 e. The molecule has 7 heteroatoms. The summed E-state index contributed by atoms with van der Waals surface area (Å²) in [5.74, 6) is 0.924. The molecule has 0 saturated heterocycles. The van der Waals surface area contributed by atoms with E-state index in [4.69, 9.17) is 9.15 Å². The zero-order chi connectivity index (χ0) is 18.4. The highest BCUT2D eigenvalue weighted by Crippen LogP contribution is 2.31. The van der Waals surface area contributed by atoms with Crippen LogP contribution in [0.25, 0.3) is 11.5 Å². The maximum Gasteiger partial charge on any atom is 0.277 e. The summed E-state index contributed by atoms with van der Waals surface area (Å²) in [5.41, 5.74) is 1.48. The van der Waals surface area contributed by atoms with Crippen LogP contribution in [-0.4, -0.2) is 28.0 Å². The van der Waals surface area contributed by atoms with Crippen molar-refractivity contribution in [3.8, 4) is 17.2 Å². The van der Waals surface area contributed by atoms with E-state index in [9.17, 15) is 4.79 Å². The first-order valence-corrected chi connectivity index (χ1v) is 9.13. The molecule has 0 aliphatic carbocycles. The molecule has 3 aromatic rings. The molecular formula is C19H19N3O3S. The molecule has 1 heterocycles. The summed E-state index contributed by atoms with van der Waals surface area (Å²) in [7, 11) is 0. The predicted molar refractivity (Wildman–Crippen MR) is 101 cm³/mol. The third kappa shape index (κ3) is 4.43. The third-order valence-electron chi connectivity index (χ3n) is 3.51. The fourth-order valence-electron chi connectivity index (χ4n) is 2.26. The lowest BCUT2D eigenvalue weighted by Gasteiger charge is -2.09. The Bertz CT molecular complexity index is 867. The molecule has 134 valence electrons. The van der Waals surface area contributed by atoms with Crippen LogP contribution < -0.4 is 10.1 Å². The van der Waals surface area contributed by atoms with Gasteiger partial charge in [0.15, 0.2) is 0 Å². The second-order valence-electron chi connectivity index (χ2n) is 5.42. The quantitative estimate of drug-likeness (QED) is 0.627. The number of hydrogen-bond donors (Lipinski definition) is 1. The number of amides is 1. The van der Waals surface area contributed by atoms with Crippen LogP contribution in [0.1, 0.15) is 13.8 Å². The number of carbonyl (C=O) groups excluding carboxylic acids is 1. The number of anilines is 1. The van der Waals surface area contributed by atoms with Crippen LogP contribution in [0.3, 0.4) is 0 Å². The van der Waals surface area contributed by atoms with Gasteiger partial charge in [0, 0.05) is 5.69 Å². The van der Waals surface area contributed by atoms with Crippen molar-refractivity contribution in [3.63, 3.8) is 0 Å². The molecule has 1 unspecified atom stereocenters. The van der Waals surface area contributed by atoms with E-state index in [0.29, 0.717) is 23.5 Å². The number of aromatic nitrogens is 2. The second-order valence-corrected chi connectivity index (χ2v) is 6.71. The van der Waals surface area contributed by atoms with Crippen molar-refractivity contribution in [2.24, 2.45) is 0 Å². The van der Waals surface area contributed by atoms with Crippen molar-refractivity contribution >= 4 is 23.4 Å². The second kappa shape index (κ2) is 8.53. The highest BCUT2D eigenvalue weighted by molar-refractivity contribution is 8.00. The van der Waals surface area contributed by atoms with Crippen molar-refractivity contribution in [3.05, 3.63) is 54.6 Å². The smallest absolute Gasteiger partial charge is 0.277 e. The van der Waals surface area contributed by atoms with E-state index in [1.165, 1.54) is 11.8 Å². The van der Waals surface area contributed by atoms with Crippen molar-refractivity contribution in [1.82, 2.24) is 10.2 Å². The van der Waals surface area contributed by atoms with E-state index in [1.54, 1.807) is 6.92 Å². The molecule has 1 aromatic heterocycles. The lowest BCUT2D eigenvalue weighted by atomic mass is 10.2. The van der Waals surface area contributed by atoms with Gasteiger partial charge in [-0.25, -0.2) is 0 Å². The van der Waals surface area contributed by atoms with Gasteiger partial charge in [0.1, 0.15) is 5.75 Å². The zero-order valence-electron chi connectivity index (χ0n) is 14.5. The number of carbonyl (C=O) groups is 1. The Morgan fingerprint density at radius 2 is 1.88 bits per heavy atom. The summed E-state index contributed by atoms with van der Waals surface area (Å²) in [6.07, 6.45) is 0. The van der Waals surface area contributed by atoms with E-state index >= 15 is 0 Å². The van der Waals surface area contributed by atoms with Crippen LogP contribution in [0.15, 0.2) is 64.2 Å². The molecule has 0 fully saturated rings. The van der Waals surface area contributed by atoms with E-state index in [-0.39, 0.29) is 11.2 Å². The number of rotatable bonds is 7. The average molecular weight is 369 g/mol. The van der Waals surface area contributed by atoms with Gasteiger partial charge in [-0.05, 0) is 38.1 Å². The van der Waals surface area contributed by atoms with Gasteiger partial charge in [0.05, 0.1) is 17.4 Å². The number of nitrogens with one attached hydrogen (secondary N) is 1. The first-order chi connectivity index (χ1) is 12.7. The minimum Gasteiger partial charge on any atom is -0.493 e. The topological polar surface area (TPSA) is 77.2 Å². The van der Waals surface area contributed by atoms with Crippen molar-refractivity contribution < 1.29 is 13.9 Å².